The molecular formula is C9H10N2S. The minimum atomic E-state index is 0.725. The van der Waals surface area contributed by atoms with E-state index in [2.05, 4.69) is 18.0 Å². The Morgan fingerprint density at radius 1 is 1.67 bits per heavy atom. The first-order valence-electron chi connectivity index (χ1n) is 3.85. The highest BCUT2D eigenvalue weighted by atomic mass is 32.2. The lowest BCUT2D eigenvalue weighted by atomic mass is 10.3. The van der Waals surface area contributed by atoms with Crippen molar-refractivity contribution in [1.29, 1.82) is 5.26 Å². The highest BCUT2D eigenvalue weighted by Crippen LogP contribution is 2.20. The molecule has 0 aliphatic heterocycles. The van der Waals surface area contributed by atoms with Crippen LogP contribution in [-0.4, -0.2) is 10.7 Å². The molecule has 0 fully saturated rings. The molecule has 0 spiro atoms. The lowest BCUT2D eigenvalue weighted by Crippen LogP contribution is -1.83. The molecule has 0 unspecified atom stereocenters. The summed E-state index contributed by atoms with van der Waals surface area (Å²) in [5.41, 5.74) is 0.725. The maximum Gasteiger partial charge on any atom is 0.100 e. The van der Waals surface area contributed by atoms with Crippen LogP contribution in [0.5, 0.6) is 0 Å². The van der Waals surface area contributed by atoms with E-state index in [1.807, 2.05) is 0 Å². The molecule has 0 saturated carbocycles. The van der Waals surface area contributed by atoms with E-state index >= 15 is 0 Å². The molecular weight excluding hydrogens is 168 g/mol. The Morgan fingerprint density at radius 3 is 3.17 bits per heavy atom. The Bertz CT molecular complexity index is 291. The quantitative estimate of drug-likeness (QED) is 0.667. The number of rotatable bonds is 3. The Kier molecular flexibility index (Phi) is 3.62. The lowest BCUT2D eigenvalue weighted by Gasteiger charge is -1.99. The fraction of sp³-hybridized carbons (Fsp3) is 0.333. The first-order chi connectivity index (χ1) is 5.88. The molecule has 1 aromatic heterocycles. The molecule has 0 atom stereocenters. The van der Waals surface area contributed by atoms with Crippen LogP contribution in [0.25, 0.3) is 0 Å². The van der Waals surface area contributed by atoms with E-state index in [1.54, 1.807) is 30.2 Å². The first kappa shape index (κ1) is 9.08. The summed E-state index contributed by atoms with van der Waals surface area (Å²) in [4.78, 5) is 4.96. The molecule has 62 valence electrons. The Labute approximate surface area is 76.6 Å². The second-order valence-electron chi connectivity index (χ2n) is 2.33. The number of thioether (sulfide) groups is 1. The third-order valence-electron chi connectivity index (χ3n) is 1.37. The molecule has 0 radical (unpaired) electrons. The number of hydrogen-bond donors (Lipinski definition) is 0. The standard InChI is InChI=1S/C9H10N2S/c1-2-5-12-9-7-11-4-3-8(9)6-10/h3-4,7H,2,5H2,1H3. The molecule has 2 nitrogen and oxygen atoms in total. The lowest BCUT2D eigenvalue weighted by molar-refractivity contribution is 1.10. The zero-order valence-corrected chi connectivity index (χ0v) is 7.77. The van der Waals surface area contributed by atoms with Crippen molar-refractivity contribution in [2.24, 2.45) is 0 Å². The van der Waals surface area contributed by atoms with E-state index in [4.69, 9.17) is 5.26 Å². The van der Waals surface area contributed by atoms with Crippen LogP contribution in [0, 0.1) is 11.3 Å². The smallest absolute Gasteiger partial charge is 0.100 e. The molecule has 12 heavy (non-hydrogen) atoms. The third-order valence-corrected chi connectivity index (χ3v) is 2.62. The van der Waals surface area contributed by atoms with E-state index in [9.17, 15) is 0 Å². The summed E-state index contributed by atoms with van der Waals surface area (Å²) in [6, 6.07) is 3.89. The van der Waals surface area contributed by atoms with Gasteiger partial charge in [0.25, 0.3) is 0 Å². The van der Waals surface area contributed by atoms with Crippen molar-refractivity contribution in [3.05, 3.63) is 24.0 Å². The number of nitrogens with zero attached hydrogens (tertiary/aromatic N) is 2. The van der Waals surface area contributed by atoms with E-state index in [0.717, 1.165) is 22.6 Å². The van der Waals surface area contributed by atoms with E-state index < -0.39 is 0 Å². The van der Waals surface area contributed by atoms with Gasteiger partial charge < -0.3 is 0 Å². The van der Waals surface area contributed by atoms with Gasteiger partial charge in [-0.25, -0.2) is 0 Å². The number of aromatic nitrogens is 1. The molecule has 0 saturated heterocycles. The topological polar surface area (TPSA) is 36.7 Å². The molecule has 1 rings (SSSR count). The Morgan fingerprint density at radius 2 is 2.50 bits per heavy atom. The summed E-state index contributed by atoms with van der Waals surface area (Å²) < 4.78 is 0. The van der Waals surface area contributed by atoms with E-state index in [0.29, 0.717) is 0 Å². The zero-order chi connectivity index (χ0) is 8.81. The van der Waals surface area contributed by atoms with Gasteiger partial charge in [-0.05, 0) is 18.2 Å². The molecule has 0 aromatic carbocycles. The van der Waals surface area contributed by atoms with Crippen LogP contribution >= 0.6 is 11.8 Å². The number of pyridine rings is 1. The Balaban J connectivity index is 2.77. The maximum atomic E-state index is 8.73. The van der Waals surface area contributed by atoms with Gasteiger partial charge in [-0.15, -0.1) is 11.8 Å². The van der Waals surface area contributed by atoms with Crippen molar-refractivity contribution in [2.45, 2.75) is 18.2 Å². The van der Waals surface area contributed by atoms with Gasteiger partial charge in [0.1, 0.15) is 6.07 Å². The van der Waals surface area contributed by atoms with Gasteiger partial charge >= 0.3 is 0 Å². The predicted octanol–water partition coefficient (Wildman–Crippen LogP) is 2.46. The third kappa shape index (κ3) is 2.24. The molecule has 1 aromatic rings. The minimum Gasteiger partial charge on any atom is -0.263 e. The van der Waals surface area contributed by atoms with Crippen molar-refractivity contribution >= 4 is 11.8 Å². The van der Waals surface area contributed by atoms with Gasteiger partial charge in [-0.3, -0.25) is 4.98 Å². The average Bonchev–Trinajstić information content (AvgIpc) is 2.15. The fourth-order valence-corrected chi connectivity index (χ4v) is 1.63. The van der Waals surface area contributed by atoms with Crippen LogP contribution in [0.4, 0.5) is 0 Å². The molecule has 0 amide bonds. The van der Waals surface area contributed by atoms with Crippen molar-refractivity contribution in [1.82, 2.24) is 4.98 Å². The normalized spacial score (nSPS) is 9.33. The summed E-state index contributed by atoms with van der Waals surface area (Å²) in [5.74, 6) is 1.04. The van der Waals surface area contributed by atoms with Gasteiger partial charge in [-0.1, -0.05) is 6.92 Å². The van der Waals surface area contributed by atoms with Crippen LogP contribution in [0.15, 0.2) is 23.4 Å². The van der Waals surface area contributed by atoms with Crippen LogP contribution in [0.2, 0.25) is 0 Å². The summed E-state index contributed by atoms with van der Waals surface area (Å²) in [7, 11) is 0. The molecule has 0 bridgehead atoms. The summed E-state index contributed by atoms with van der Waals surface area (Å²) in [5, 5.41) is 8.73. The number of nitriles is 1. The Hall–Kier alpha value is -1.01. The van der Waals surface area contributed by atoms with Crippen LogP contribution < -0.4 is 0 Å². The van der Waals surface area contributed by atoms with Crippen LogP contribution in [0.3, 0.4) is 0 Å². The second-order valence-corrected chi connectivity index (χ2v) is 3.47. The molecule has 0 N–H and O–H groups in total. The number of hydrogen-bond acceptors (Lipinski definition) is 3. The maximum absolute atomic E-state index is 8.73. The van der Waals surface area contributed by atoms with Crippen molar-refractivity contribution in [3.63, 3.8) is 0 Å². The van der Waals surface area contributed by atoms with Gasteiger partial charge in [-0.2, -0.15) is 5.26 Å². The molecule has 3 heteroatoms. The van der Waals surface area contributed by atoms with Crippen molar-refractivity contribution in [2.75, 3.05) is 5.75 Å². The monoisotopic (exact) mass is 178 g/mol. The molecule has 0 aliphatic rings. The van der Waals surface area contributed by atoms with Gasteiger partial charge in [0.2, 0.25) is 0 Å². The molecule has 0 aliphatic carbocycles. The predicted molar refractivity (Wildman–Crippen MR) is 50.0 cm³/mol. The SMILES string of the molecule is CCCSc1cnccc1C#N. The average molecular weight is 178 g/mol. The van der Waals surface area contributed by atoms with Crippen molar-refractivity contribution < 1.29 is 0 Å². The van der Waals surface area contributed by atoms with Crippen LogP contribution in [-0.2, 0) is 0 Å². The van der Waals surface area contributed by atoms with Crippen LogP contribution in [0.1, 0.15) is 18.9 Å². The zero-order valence-electron chi connectivity index (χ0n) is 6.95. The summed E-state index contributed by atoms with van der Waals surface area (Å²) in [6.07, 6.45) is 4.51. The highest BCUT2D eigenvalue weighted by Gasteiger charge is 1.99. The highest BCUT2D eigenvalue weighted by molar-refractivity contribution is 7.99. The van der Waals surface area contributed by atoms with E-state index in [-0.39, 0.29) is 0 Å². The first-order valence-corrected chi connectivity index (χ1v) is 4.84. The van der Waals surface area contributed by atoms with Gasteiger partial charge in [0, 0.05) is 17.3 Å². The van der Waals surface area contributed by atoms with Crippen molar-refractivity contribution in [3.8, 4) is 6.07 Å². The largest absolute Gasteiger partial charge is 0.263 e. The molecule has 1 heterocycles. The summed E-state index contributed by atoms with van der Waals surface area (Å²) >= 11 is 1.69. The van der Waals surface area contributed by atoms with Gasteiger partial charge in [0.15, 0.2) is 0 Å². The van der Waals surface area contributed by atoms with Gasteiger partial charge in [0.05, 0.1) is 5.56 Å². The second kappa shape index (κ2) is 4.78. The van der Waals surface area contributed by atoms with E-state index in [1.165, 1.54) is 0 Å². The summed E-state index contributed by atoms with van der Waals surface area (Å²) in [6.45, 7) is 2.12. The minimum absolute atomic E-state index is 0.725. The fourth-order valence-electron chi connectivity index (χ4n) is 0.799.